The number of carbonyl (C=O) groups is 1. The molecule has 76 valence electrons. The smallest absolute Gasteiger partial charge is 0.317 e. The van der Waals surface area contributed by atoms with Gasteiger partial charge in [0.15, 0.2) is 0 Å². The van der Waals surface area contributed by atoms with Crippen LogP contribution in [0, 0.1) is 0 Å². The predicted molar refractivity (Wildman–Crippen MR) is 40.8 cm³/mol. The van der Waals surface area contributed by atoms with E-state index in [9.17, 15) is 13.7 Å². The molecular weight excluding hydrogens is 182 g/mol. The number of hydroxylamine groups is 1. The van der Waals surface area contributed by atoms with Crippen LogP contribution in [0.1, 0.15) is 19.3 Å². The van der Waals surface area contributed by atoms with Gasteiger partial charge in [-0.1, -0.05) is 4.48 Å². The molecule has 6 heteroatoms. The highest BCUT2D eigenvalue weighted by molar-refractivity contribution is 5.67. The molecule has 0 radical (unpaired) electrons. The molecule has 0 aromatic heterocycles. The molecule has 1 rings (SSSR count). The maximum Gasteiger partial charge on any atom is 0.431 e. The van der Waals surface area contributed by atoms with E-state index in [2.05, 4.69) is 4.84 Å². The largest absolute Gasteiger partial charge is 0.431 e. The Morgan fingerprint density at radius 3 is 2.54 bits per heavy atom. The van der Waals surface area contributed by atoms with E-state index in [-0.39, 0.29) is 0 Å². The molecule has 1 saturated heterocycles. The first-order valence-corrected chi connectivity index (χ1v) is 4.20. The SMILES string of the molecule is O=C(ON(F)CF)N1CCCCC1. The highest BCUT2D eigenvalue weighted by Gasteiger charge is 2.20. The van der Waals surface area contributed by atoms with Gasteiger partial charge in [0.25, 0.3) is 0 Å². The molecular formula is C7H12F2N2O2. The molecule has 13 heavy (non-hydrogen) atoms. The van der Waals surface area contributed by atoms with E-state index in [1.165, 1.54) is 4.90 Å². The van der Waals surface area contributed by atoms with Crippen molar-refractivity contribution in [2.45, 2.75) is 19.3 Å². The van der Waals surface area contributed by atoms with Gasteiger partial charge in [-0.3, -0.25) is 0 Å². The van der Waals surface area contributed by atoms with Crippen molar-refractivity contribution in [2.24, 2.45) is 0 Å². The third kappa shape index (κ3) is 3.14. The van der Waals surface area contributed by atoms with Crippen LogP contribution >= 0.6 is 0 Å². The zero-order valence-corrected chi connectivity index (χ0v) is 7.21. The molecule has 0 aliphatic carbocycles. The summed E-state index contributed by atoms with van der Waals surface area (Å²) in [5, 5.41) is -0.614. The maximum atomic E-state index is 12.1. The molecule has 0 N–H and O–H groups in total. The molecule has 0 spiro atoms. The molecule has 0 unspecified atom stereocenters. The zero-order chi connectivity index (χ0) is 9.68. The number of carbonyl (C=O) groups excluding carboxylic acids is 1. The van der Waals surface area contributed by atoms with Crippen LogP contribution in [-0.2, 0) is 4.84 Å². The summed E-state index contributed by atoms with van der Waals surface area (Å²) in [5.74, 6) is 0. The molecule has 1 heterocycles. The van der Waals surface area contributed by atoms with E-state index in [1.807, 2.05) is 0 Å². The van der Waals surface area contributed by atoms with Gasteiger partial charge in [0, 0.05) is 13.1 Å². The van der Waals surface area contributed by atoms with Crippen molar-refractivity contribution >= 4 is 6.09 Å². The van der Waals surface area contributed by atoms with E-state index in [0.29, 0.717) is 13.1 Å². The summed E-state index contributed by atoms with van der Waals surface area (Å²) in [4.78, 5) is 16.4. The number of hydrogen-bond donors (Lipinski definition) is 0. The summed E-state index contributed by atoms with van der Waals surface area (Å²) in [6, 6.07) is 0. The first-order chi connectivity index (χ1) is 6.24. The first-order valence-electron chi connectivity index (χ1n) is 4.20. The van der Waals surface area contributed by atoms with Crippen molar-refractivity contribution in [1.29, 1.82) is 0 Å². The standard InChI is InChI=1S/C7H12F2N2O2/c8-6-11(9)13-7(12)10-4-2-1-3-5-10/h1-6H2. The van der Waals surface area contributed by atoms with E-state index >= 15 is 0 Å². The van der Waals surface area contributed by atoms with Crippen LogP contribution in [0.25, 0.3) is 0 Å². The molecule has 0 aromatic rings. The van der Waals surface area contributed by atoms with Gasteiger partial charge >= 0.3 is 6.09 Å². The van der Waals surface area contributed by atoms with Gasteiger partial charge in [0.1, 0.15) is 0 Å². The number of hydrogen-bond acceptors (Lipinski definition) is 3. The number of halogens is 2. The third-order valence-corrected chi connectivity index (χ3v) is 1.89. The van der Waals surface area contributed by atoms with Crippen molar-refractivity contribution in [3.05, 3.63) is 0 Å². The van der Waals surface area contributed by atoms with Gasteiger partial charge in [-0.15, -0.1) is 0 Å². The fraction of sp³-hybridized carbons (Fsp3) is 0.857. The highest BCUT2D eigenvalue weighted by Crippen LogP contribution is 2.10. The molecule has 1 amide bonds. The van der Waals surface area contributed by atoms with Crippen molar-refractivity contribution in [2.75, 3.05) is 19.9 Å². The van der Waals surface area contributed by atoms with E-state index < -0.39 is 18.2 Å². The number of rotatable bonds is 2. The van der Waals surface area contributed by atoms with E-state index in [4.69, 9.17) is 0 Å². The van der Waals surface area contributed by atoms with Gasteiger partial charge in [-0.2, -0.15) is 0 Å². The highest BCUT2D eigenvalue weighted by atomic mass is 19.2. The van der Waals surface area contributed by atoms with Gasteiger partial charge < -0.3 is 9.74 Å². The van der Waals surface area contributed by atoms with Crippen LogP contribution < -0.4 is 0 Å². The number of amides is 1. The second-order valence-corrected chi connectivity index (χ2v) is 2.84. The van der Waals surface area contributed by atoms with Crippen LogP contribution in [0.2, 0.25) is 0 Å². The first kappa shape index (κ1) is 10.2. The average molecular weight is 194 g/mol. The Bertz CT molecular complexity index is 174. The minimum atomic E-state index is -1.44. The van der Waals surface area contributed by atoms with Crippen molar-refractivity contribution in [3.63, 3.8) is 0 Å². The van der Waals surface area contributed by atoms with E-state index in [1.54, 1.807) is 0 Å². The second kappa shape index (κ2) is 4.96. The van der Waals surface area contributed by atoms with Crippen molar-refractivity contribution in [1.82, 2.24) is 10.2 Å². The minimum Gasteiger partial charge on any atom is -0.317 e. The Balaban J connectivity index is 2.29. The number of likely N-dealkylation sites (tertiary alicyclic amines) is 1. The Morgan fingerprint density at radius 2 is 2.00 bits per heavy atom. The Labute approximate surface area is 74.9 Å². The fourth-order valence-corrected chi connectivity index (χ4v) is 1.24. The van der Waals surface area contributed by atoms with Gasteiger partial charge in [0.2, 0.25) is 6.80 Å². The molecule has 4 nitrogen and oxygen atoms in total. The number of nitrogens with zero attached hydrogens (tertiary/aromatic N) is 2. The van der Waals surface area contributed by atoms with Crippen molar-refractivity contribution in [3.8, 4) is 0 Å². The Morgan fingerprint density at radius 1 is 1.38 bits per heavy atom. The summed E-state index contributed by atoms with van der Waals surface area (Å²) < 4.78 is 23.7. The van der Waals surface area contributed by atoms with Gasteiger partial charge in [0.05, 0.1) is 5.29 Å². The maximum absolute atomic E-state index is 12.1. The quantitative estimate of drug-likeness (QED) is 0.380. The summed E-state index contributed by atoms with van der Waals surface area (Å²) >= 11 is 0. The zero-order valence-electron chi connectivity index (χ0n) is 7.21. The molecule has 0 atom stereocenters. The lowest BCUT2D eigenvalue weighted by atomic mass is 10.1. The average Bonchev–Trinajstić information content (AvgIpc) is 2.19. The molecule has 1 fully saturated rings. The monoisotopic (exact) mass is 194 g/mol. The summed E-state index contributed by atoms with van der Waals surface area (Å²) in [5.41, 5.74) is 0. The van der Waals surface area contributed by atoms with Crippen LogP contribution in [0.4, 0.5) is 13.7 Å². The summed E-state index contributed by atoms with van der Waals surface area (Å²) in [7, 11) is 0. The number of alkyl halides is 1. The molecule has 1 aliphatic heterocycles. The molecule has 0 saturated carbocycles. The lowest BCUT2D eigenvalue weighted by Gasteiger charge is -2.25. The molecule has 0 aromatic carbocycles. The van der Waals surface area contributed by atoms with Gasteiger partial charge in [-0.25, -0.2) is 9.18 Å². The topological polar surface area (TPSA) is 32.8 Å². The second-order valence-electron chi connectivity index (χ2n) is 2.84. The summed E-state index contributed by atoms with van der Waals surface area (Å²) in [6.07, 6.45) is 2.01. The van der Waals surface area contributed by atoms with E-state index in [0.717, 1.165) is 19.3 Å². The Hall–Kier alpha value is -0.910. The molecule has 1 aliphatic rings. The van der Waals surface area contributed by atoms with Crippen LogP contribution in [0.5, 0.6) is 0 Å². The van der Waals surface area contributed by atoms with Crippen molar-refractivity contribution < 1.29 is 18.5 Å². The van der Waals surface area contributed by atoms with Crippen LogP contribution in [0.3, 0.4) is 0 Å². The summed E-state index contributed by atoms with van der Waals surface area (Å²) in [6.45, 7) is -0.336. The fourth-order valence-electron chi connectivity index (χ4n) is 1.24. The lowest BCUT2D eigenvalue weighted by Crippen LogP contribution is -2.38. The number of piperidine rings is 1. The molecule has 0 bridgehead atoms. The van der Waals surface area contributed by atoms with Crippen LogP contribution in [0.15, 0.2) is 0 Å². The normalized spacial score (nSPS) is 17.6. The lowest BCUT2D eigenvalue weighted by molar-refractivity contribution is -0.258. The minimum absolute atomic E-state index is 0.555. The Kier molecular flexibility index (Phi) is 3.88. The third-order valence-electron chi connectivity index (χ3n) is 1.89. The predicted octanol–water partition coefficient (Wildman–Crippen LogP) is 1.64. The van der Waals surface area contributed by atoms with Gasteiger partial charge in [-0.05, 0) is 19.3 Å². The van der Waals surface area contributed by atoms with Crippen LogP contribution in [-0.4, -0.2) is 36.2 Å².